The third kappa shape index (κ3) is 4.05. The number of aromatic nitrogens is 1. The van der Waals surface area contributed by atoms with E-state index in [1.165, 1.54) is 16.7 Å². The van der Waals surface area contributed by atoms with Crippen molar-refractivity contribution in [1.29, 1.82) is 0 Å². The normalized spacial score (nSPS) is 10.7. The first-order valence-electron chi connectivity index (χ1n) is 7.43. The average Bonchev–Trinajstić information content (AvgIpc) is 2.36. The fourth-order valence-corrected chi connectivity index (χ4v) is 2.48. The van der Waals surface area contributed by atoms with Crippen molar-refractivity contribution < 1.29 is 4.74 Å². The number of hydrogen-bond acceptors (Lipinski definition) is 3. The Hall–Kier alpha value is -1.87. The van der Waals surface area contributed by atoms with Gasteiger partial charge in [0.25, 0.3) is 0 Å². The highest BCUT2D eigenvalue weighted by Gasteiger charge is 2.11. The van der Waals surface area contributed by atoms with Gasteiger partial charge in [-0.15, -0.1) is 0 Å². The molecule has 2 rings (SSSR count). The first-order chi connectivity index (χ1) is 9.99. The zero-order chi connectivity index (χ0) is 15.4. The van der Waals surface area contributed by atoms with Crippen LogP contribution in [0.25, 0.3) is 0 Å². The molecular weight excluding hydrogens is 260 g/mol. The van der Waals surface area contributed by atoms with Crippen LogP contribution in [-0.2, 0) is 6.54 Å². The molecule has 1 heterocycles. The number of benzene rings is 1. The summed E-state index contributed by atoms with van der Waals surface area (Å²) >= 11 is 0. The molecule has 0 spiro atoms. The van der Waals surface area contributed by atoms with Crippen molar-refractivity contribution in [2.75, 3.05) is 6.54 Å². The summed E-state index contributed by atoms with van der Waals surface area (Å²) in [6.07, 6.45) is 0. The van der Waals surface area contributed by atoms with Crippen molar-refractivity contribution in [2.45, 2.75) is 41.2 Å². The molecule has 0 aliphatic heterocycles. The number of ether oxygens (including phenoxy) is 1. The van der Waals surface area contributed by atoms with Gasteiger partial charge in [0, 0.05) is 17.8 Å². The van der Waals surface area contributed by atoms with Crippen LogP contribution in [0.1, 0.15) is 34.9 Å². The van der Waals surface area contributed by atoms with E-state index >= 15 is 0 Å². The van der Waals surface area contributed by atoms with E-state index in [-0.39, 0.29) is 0 Å². The van der Waals surface area contributed by atoms with Crippen molar-refractivity contribution >= 4 is 0 Å². The minimum atomic E-state index is 0.707. The van der Waals surface area contributed by atoms with E-state index in [4.69, 9.17) is 4.74 Å². The first kappa shape index (κ1) is 15.5. The van der Waals surface area contributed by atoms with Gasteiger partial charge in [-0.05, 0) is 69.1 Å². The molecule has 1 N–H and O–H groups in total. The molecule has 0 amide bonds. The number of nitrogens with zero attached hydrogens (tertiary/aromatic N) is 1. The van der Waals surface area contributed by atoms with Crippen molar-refractivity contribution in [3.8, 4) is 11.6 Å². The van der Waals surface area contributed by atoms with Crippen molar-refractivity contribution in [1.82, 2.24) is 10.3 Å². The maximum absolute atomic E-state index is 6.08. The smallest absolute Gasteiger partial charge is 0.224 e. The number of aryl methyl sites for hydroxylation is 4. The Bertz CT molecular complexity index is 615. The van der Waals surface area contributed by atoms with Crippen LogP contribution in [-0.4, -0.2) is 11.5 Å². The zero-order valence-corrected chi connectivity index (χ0v) is 13.6. The minimum Gasteiger partial charge on any atom is -0.439 e. The zero-order valence-electron chi connectivity index (χ0n) is 13.6. The van der Waals surface area contributed by atoms with Gasteiger partial charge in [-0.1, -0.05) is 13.0 Å². The number of hydrogen-bond donors (Lipinski definition) is 1. The van der Waals surface area contributed by atoms with Crippen LogP contribution >= 0.6 is 0 Å². The molecular formula is C18H24N2O. The third-order valence-electron chi connectivity index (χ3n) is 3.40. The Morgan fingerprint density at radius 1 is 1.00 bits per heavy atom. The van der Waals surface area contributed by atoms with Crippen LogP contribution in [0.3, 0.4) is 0 Å². The van der Waals surface area contributed by atoms with Crippen molar-refractivity contribution in [2.24, 2.45) is 0 Å². The lowest BCUT2D eigenvalue weighted by Crippen LogP contribution is -2.14. The summed E-state index contributed by atoms with van der Waals surface area (Å²) in [5, 5.41) is 3.35. The standard InChI is InChI=1S/C18H24N2O/c1-6-19-11-17-14(4)10-15(5)20-18(17)21-16-8-12(2)7-13(3)9-16/h7-10,19H,6,11H2,1-5H3. The summed E-state index contributed by atoms with van der Waals surface area (Å²) in [5.74, 6) is 1.56. The molecule has 0 atom stereocenters. The summed E-state index contributed by atoms with van der Waals surface area (Å²) in [6, 6.07) is 8.33. The summed E-state index contributed by atoms with van der Waals surface area (Å²) in [7, 11) is 0. The van der Waals surface area contributed by atoms with Gasteiger partial charge in [-0.3, -0.25) is 0 Å². The molecule has 3 nitrogen and oxygen atoms in total. The molecule has 1 aromatic carbocycles. The Morgan fingerprint density at radius 2 is 1.67 bits per heavy atom. The Balaban J connectivity index is 2.37. The predicted octanol–water partition coefficient (Wildman–Crippen LogP) is 4.22. The molecule has 1 aromatic heterocycles. The van der Waals surface area contributed by atoms with E-state index in [1.807, 2.05) is 19.1 Å². The van der Waals surface area contributed by atoms with Crippen molar-refractivity contribution in [3.63, 3.8) is 0 Å². The van der Waals surface area contributed by atoms with Gasteiger partial charge in [-0.2, -0.15) is 0 Å². The molecule has 0 fully saturated rings. The number of rotatable bonds is 5. The van der Waals surface area contributed by atoms with E-state index in [0.29, 0.717) is 5.88 Å². The minimum absolute atomic E-state index is 0.707. The predicted molar refractivity (Wildman–Crippen MR) is 87.1 cm³/mol. The van der Waals surface area contributed by atoms with E-state index in [0.717, 1.165) is 30.1 Å². The lowest BCUT2D eigenvalue weighted by molar-refractivity contribution is 0.450. The van der Waals surface area contributed by atoms with Gasteiger partial charge in [0.2, 0.25) is 5.88 Å². The molecule has 0 aliphatic rings. The molecule has 0 bridgehead atoms. The molecule has 112 valence electrons. The molecule has 0 aliphatic carbocycles. The third-order valence-corrected chi connectivity index (χ3v) is 3.40. The summed E-state index contributed by atoms with van der Waals surface area (Å²) in [5.41, 5.74) is 5.71. The SMILES string of the molecule is CCNCc1c(C)cc(C)nc1Oc1cc(C)cc(C)c1. The maximum atomic E-state index is 6.08. The van der Waals surface area contributed by atoms with Gasteiger partial charge in [0.05, 0.1) is 0 Å². The fraction of sp³-hybridized carbons (Fsp3) is 0.389. The van der Waals surface area contributed by atoms with E-state index in [9.17, 15) is 0 Å². The largest absolute Gasteiger partial charge is 0.439 e. The highest BCUT2D eigenvalue weighted by Crippen LogP contribution is 2.27. The molecule has 3 heteroatoms. The van der Waals surface area contributed by atoms with Gasteiger partial charge in [-0.25, -0.2) is 4.98 Å². The van der Waals surface area contributed by atoms with E-state index < -0.39 is 0 Å². The van der Waals surface area contributed by atoms with Gasteiger partial charge in [0.15, 0.2) is 0 Å². The van der Waals surface area contributed by atoms with Crippen LogP contribution in [0, 0.1) is 27.7 Å². The topological polar surface area (TPSA) is 34.2 Å². The highest BCUT2D eigenvalue weighted by atomic mass is 16.5. The summed E-state index contributed by atoms with van der Waals surface area (Å²) in [4.78, 5) is 4.58. The quantitative estimate of drug-likeness (QED) is 0.892. The highest BCUT2D eigenvalue weighted by molar-refractivity contribution is 5.41. The molecule has 0 unspecified atom stereocenters. The molecule has 0 radical (unpaired) electrons. The Morgan fingerprint density at radius 3 is 2.29 bits per heavy atom. The fourth-order valence-electron chi connectivity index (χ4n) is 2.48. The Kier molecular flexibility index (Phi) is 4.97. The molecule has 21 heavy (non-hydrogen) atoms. The van der Waals surface area contributed by atoms with Crippen molar-refractivity contribution in [3.05, 3.63) is 52.2 Å². The van der Waals surface area contributed by atoms with Crippen LogP contribution in [0.4, 0.5) is 0 Å². The number of pyridine rings is 1. The molecule has 0 saturated carbocycles. The van der Waals surface area contributed by atoms with Crippen LogP contribution < -0.4 is 10.1 Å². The summed E-state index contributed by atoms with van der Waals surface area (Å²) in [6.45, 7) is 12.1. The van der Waals surface area contributed by atoms with Crippen LogP contribution in [0.2, 0.25) is 0 Å². The second-order valence-corrected chi connectivity index (χ2v) is 5.57. The average molecular weight is 284 g/mol. The lowest BCUT2D eigenvalue weighted by atomic mass is 10.1. The lowest BCUT2D eigenvalue weighted by Gasteiger charge is -2.14. The maximum Gasteiger partial charge on any atom is 0.224 e. The molecule has 0 saturated heterocycles. The van der Waals surface area contributed by atoms with Crippen LogP contribution in [0.5, 0.6) is 11.6 Å². The van der Waals surface area contributed by atoms with E-state index in [1.54, 1.807) is 0 Å². The van der Waals surface area contributed by atoms with Gasteiger partial charge >= 0.3 is 0 Å². The second kappa shape index (κ2) is 6.72. The number of nitrogens with one attached hydrogen (secondary N) is 1. The van der Waals surface area contributed by atoms with E-state index in [2.05, 4.69) is 50.1 Å². The second-order valence-electron chi connectivity index (χ2n) is 5.57. The van der Waals surface area contributed by atoms with Gasteiger partial charge in [0.1, 0.15) is 5.75 Å². The first-order valence-corrected chi connectivity index (χ1v) is 7.43. The summed E-state index contributed by atoms with van der Waals surface area (Å²) < 4.78 is 6.08. The monoisotopic (exact) mass is 284 g/mol. The molecule has 2 aromatic rings. The Labute approximate surface area is 127 Å². The van der Waals surface area contributed by atoms with Crippen LogP contribution in [0.15, 0.2) is 24.3 Å². The van der Waals surface area contributed by atoms with Gasteiger partial charge < -0.3 is 10.1 Å².